The molecule has 0 saturated carbocycles. The van der Waals surface area contributed by atoms with Crippen molar-refractivity contribution in [1.29, 1.82) is 0 Å². The fraction of sp³-hybridized carbons (Fsp3) is 0.500. The number of benzene rings is 1. The smallest absolute Gasteiger partial charge is 0.251 e. The summed E-state index contributed by atoms with van der Waals surface area (Å²) in [5, 5.41) is 11.6. The first kappa shape index (κ1) is 16.7. The van der Waals surface area contributed by atoms with E-state index >= 15 is 0 Å². The molecule has 0 aliphatic rings. The van der Waals surface area contributed by atoms with Gasteiger partial charge < -0.3 is 10.4 Å². The summed E-state index contributed by atoms with van der Waals surface area (Å²) in [5.41, 5.74) is 1.16. The average molecular weight is 299 g/mol. The molecule has 20 heavy (non-hydrogen) atoms. The number of sulfone groups is 1. The Balaban J connectivity index is 2.57. The molecule has 5 nitrogen and oxygen atoms in total. The topological polar surface area (TPSA) is 83.5 Å². The van der Waals surface area contributed by atoms with Crippen LogP contribution in [0.4, 0.5) is 0 Å². The molecule has 0 heterocycles. The highest BCUT2D eigenvalue weighted by Crippen LogP contribution is 2.08. The first-order chi connectivity index (χ1) is 9.31. The van der Waals surface area contributed by atoms with Crippen LogP contribution in [-0.4, -0.2) is 38.8 Å². The minimum atomic E-state index is -3.06. The molecule has 1 aromatic rings. The van der Waals surface area contributed by atoms with Gasteiger partial charge in [0, 0.05) is 25.0 Å². The summed E-state index contributed by atoms with van der Waals surface area (Å²) in [4.78, 5) is 11.9. The maximum atomic E-state index is 11.9. The standard InChI is InChI=1S/C14H21NO4S/c1-11(7-8-16)9-15-14(17)13-5-3-12(4-6-13)10-20(2,18)19/h3-6,11,16H,7-10H2,1-2H3,(H,15,17). The maximum Gasteiger partial charge on any atom is 0.251 e. The Morgan fingerprint density at radius 1 is 1.30 bits per heavy atom. The predicted octanol–water partition coefficient (Wildman–Crippen LogP) is 0.980. The van der Waals surface area contributed by atoms with Gasteiger partial charge >= 0.3 is 0 Å². The van der Waals surface area contributed by atoms with Crippen LogP contribution in [0.2, 0.25) is 0 Å². The van der Waals surface area contributed by atoms with Crippen molar-refractivity contribution in [1.82, 2.24) is 5.32 Å². The van der Waals surface area contributed by atoms with Gasteiger partial charge in [-0.15, -0.1) is 0 Å². The van der Waals surface area contributed by atoms with Crippen LogP contribution in [0, 0.1) is 5.92 Å². The van der Waals surface area contributed by atoms with E-state index in [0.29, 0.717) is 24.1 Å². The molecule has 0 aliphatic heterocycles. The number of nitrogens with one attached hydrogen (secondary N) is 1. The van der Waals surface area contributed by atoms with E-state index in [9.17, 15) is 13.2 Å². The Kier molecular flexibility index (Phi) is 6.16. The number of aliphatic hydroxyl groups excluding tert-OH is 1. The fourth-order valence-electron chi connectivity index (χ4n) is 1.75. The normalized spacial score (nSPS) is 12.9. The van der Waals surface area contributed by atoms with Crippen LogP contribution in [0.3, 0.4) is 0 Å². The summed E-state index contributed by atoms with van der Waals surface area (Å²) < 4.78 is 22.3. The number of rotatable bonds is 7. The van der Waals surface area contributed by atoms with Gasteiger partial charge in [-0.05, 0) is 30.0 Å². The fourth-order valence-corrected chi connectivity index (χ4v) is 2.54. The summed E-state index contributed by atoms with van der Waals surface area (Å²) in [6.45, 7) is 2.56. The van der Waals surface area contributed by atoms with Gasteiger partial charge in [-0.3, -0.25) is 4.79 Å². The lowest BCUT2D eigenvalue weighted by Gasteiger charge is -2.11. The van der Waals surface area contributed by atoms with Crippen LogP contribution in [-0.2, 0) is 15.6 Å². The van der Waals surface area contributed by atoms with E-state index in [1.165, 1.54) is 6.26 Å². The zero-order chi connectivity index (χ0) is 15.2. The molecule has 1 unspecified atom stereocenters. The molecule has 0 fully saturated rings. The second-order valence-electron chi connectivity index (χ2n) is 5.09. The van der Waals surface area contributed by atoms with Gasteiger partial charge in [0.15, 0.2) is 9.84 Å². The lowest BCUT2D eigenvalue weighted by Crippen LogP contribution is -2.28. The molecule has 0 aliphatic carbocycles. The molecule has 2 N–H and O–H groups in total. The van der Waals surface area contributed by atoms with Gasteiger partial charge in [0.1, 0.15) is 0 Å². The predicted molar refractivity (Wildman–Crippen MR) is 78.2 cm³/mol. The quantitative estimate of drug-likeness (QED) is 0.786. The Hall–Kier alpha value is -1.40. The highest BCUT2D eigenvalue weighted by molar-refractivity contribution is 7.89. The molecule has 1 amide bonds. The highest BCUT2D eigenvalue weighted by Gasteiger charge is 2.09. The molecule has 1 aromatic carbocycles. The number of hydrogen-bond acceptors (Lipinski definition) is 4. The minimum absolute atomic E-state index is 0.0254. The van der Waals surface area contributed by atoms with Gasteiger partial charge in [0.2, 0.25) is 0 Å². The van der Waals surface area contributed by atoms with Gasteiger partial charge in [-0.2, -0.15) is 0 Å². The third kappa shape index (κ3) is 6.16. The first-order valence-electron chi connectivity index (χ1n) is 6.47. The molecule has 0 saturated heterocycles. The molecule has 1 rings (SSSR count). The van der Waals surface area contributed by atoms with Crippen LogP contribution in [0.1, 0.15) is 29.3 Å². The molecule has 6 heteroatoms. The van der Waals surface area contributed by atoms with Crippen LogP contribution in [0.5, 0.6) is 0 Å². The summed E-state index contributed by atoms with van der Waals surface area (Å²) in [6, 6.07) is 6.53. The van der Waals surface area contributed by atoms with Gasteiger partial charge in [0.25, 0.3) is 5.91 Å². The van der Waals surface area contributed by atoms with Gasteiger partial charge in [-0.1, -0.05) is 19.1 Å². The maximum absolute atomic E-state index is 11.9. The van der Waals surface area contributed by atoms with E-state index in [1.807, 2.05) is 6.92 Å². The van der Waals surface area contributed by atoms with Crippen molar-refractivity contribution < 1.29 is 18.3 Å². The van der Waals surface area contributed by atoms with Crippen LogP contribution in [0.15, 0.2) is 24.3 Å². The van der Waals surface area contributed by atoms with E-state index in [-0.39, 0.29) is 24.2 Å². The largest absolute Gasteiger partial charge is 0.396 e. The van der Waals surface area contributed by atoms with Crippen LogP contribution in [0.25, 0.3) is 0 Å². The molecule has 112 valence electrons. The van der Waals surface area contributed by atoms with E-state index in [2.05, 4.69) is 5.32 Å². The van der Waals surface area contributed by atoms with Crippen LogP contribution >= 0.6 is 0 Å². The van der Waals surface area contributed by atoms with E-state index < -0.39 is 9.84 Å². The monoisotopic (exact) mass is 299 g/mol. The van der Waals surface area contributed by atoms with Crippen molar-refractivity contribution in [2.45, 2.75) is 19.1 Å². The molecule has 0 aromatic heterocycles. The summed E-state index contributed by atoms with van der Waals surface area (Å²) in [7, 11) is -3.06. The lowest BCUT2D eigenvalue weighted by atomic mass is 10.1. The SMILES string of the molecule is CC(CCO)CNC(=O)c1ccc(CS(C)(=O)=O)cc1. The van der Waals surface area contributed by atoms with E-state index in [1.54, 1.807) is 24.3 Å². The van der Waals surface area contributed by atoms with E-state index in [4.69, 9.17) is 5.11 Å². The third-order valence-electron chi connectivity index (χ3n) is 2.88. The van der Waals surface area contributed by atoms with Crippen LogP contribution < -0.4 is 5.32 Å². The number of amides is 1. The average Bonchev–Trinajstić information content (AvgIpc) is 2.35. The Morgan fingerprint density at radius 2 is 1.90 bits per heavy atom. The van der Waals surface area contributed by atoms with Crippen molar-refractivity contribution in [2.75, 3.05) is 19.4 Å². The number of aliphatic hydroxyl groups is 1. The van der Waals surface area contributed by atoms with Crippen molar-refractivity contribution in [2.24, 2.45) is 5.92 Å². The van der Waals surface area contributed by atoms with Gasteiger partial charge in [-0.25, -0.2) is 8.42 Å². The molecule has 0 radical (unpaired) electrons. The Bertz CT molecular complexity index is 537. The molecule has 0 bridgehead atoms. The summed E-state index contributed by atoms with van der Waals surface area (Å²) in [6.07, 6.45) is 1.82. The van der Waals surface area contributed by atoms with Crippen molar-refractivity contribution in [3.63, 3.8) is 0 Å². The minimum Gasteiger partial charge on any atom is -0.396 e. The van der Waals surface area contributed by atoms with Crippen molar-refractivity contribution in [3.8, 4) is 0 Å². The second-order valence-corrected chi connectivity index (χ2v) is 7.23. The summed E-state index contributed by atoms with van der Waals surface area (Å²) in [5.74, 6) is -0.00300. The zero-order valence-corrected chi connectivity index (χ0v) is 12.6. The first-order valence-corrected chi connectivity index (χ1v) is 8.53. The van der Waals surface area contributed by atoms with E-state index in [0.717, 1.165) is 0 Å². The number of carbonyl (C=O) groups excluding carboxylic acids is 1. The molecular formula is C14H21NO4S. The third-order valence-corrected chi connectivity index (χ3v) is 3.74. The zero-order valence-electron chi connectivity index (χ0n) is 11.8. The molecular weight excluding hydrogens is 278 g/mol. The Labute approximate surface area is 119 Å². The summed E-state index contributed by atoms with van der Waals surface area (Å²) >= 11 is 0. The van der Waals surface area contributed by atoms with Crippen molar-refractivity contribution >= 4 is 15.7 Å². The lowest BCUT2D eigenvalue weighted by molar-refractivity contribution is 0.0945. The highest BCUT2D eigenvalue weighted by atomic mass is 32.2. The van der Waals surface area contributed by atoms with Gasteiger partial charge in [0.05, 0.1) is 5.75 Å². The molecule has 1 atom stereocenters. The second kappa shape index (κ2) is 7.40. The Morgan fingerprint density at radius 3 is 2.40 bits per heavy atom. The number of hydrogen-bond donors (Lipinski definition) is 2. The number of carbonyl (C=O) groups is 1. The molecule has 0 spiro atoms. The van der Waals surface area contributed by atoms with Crippen molar-refractivity contribution in [3.05, 3.63) is 35.4 Å².